The van der Waals surface area contributed by atoms with Gasteiger partial charge in [-0.05, 0) is 39.8 Å². The van der Waals surface area contributed by atoms with Crippen molar-refractivity contribution in [1.82, 2.24) is 0 Å². The number of para-hydroxylation sites is 2. The van der Waals surface area contributed by atoms with Gasteiger partial charge >= 0.3 is 58.7 Å². The van der Waals surface area contributed by atoms with E-state index in [0.717, 1.165) is 0 Å². The van der Waals surface area contributed by atoms with Gasteiger partial charge in [0, 0.05) is 12.2 Å². The van der Waals surface area contributed by atoms with Crippen LogP contribution in [-0.4, -0.2) is 29.7 Å². The number of hydrogen-bond acceptors (Lipinski definition) is 5. The molecule has 5 nitrogen and oxygen atoms in total. The molecule has 1 aromatic rings. The minimum atomic E-state index is -1.33. The van der Waals surface area contributed by atoms with Crippen molar-refractivity contribution in [2.45, 2.75) is 39.9 Å². The summed E-state index contributed by atoms with van der Waals surface area (Å²) in [6.07, 6.45) is -0.137. The number of rotatable bonds is 4. The van der Waals surface area contributed by atoms with E-state index in [9.17, 15) is 5.02 Å². The van der Waals surface area contributed by atoms with Crippen LogP contribution in [0.2, 0.25) is 0 Å². The van der Waals surface area contributed by atoms with E-state index in [2.05, 4.69) is 0 Å². The molecule has 0 atom stereocenters. The molecule has 0 radical (unpaired) electrons. The maximum Gasteiger partial charge on any atom is 1.00 e. The van der Waals surface area contributed by atoms with Crippen LogP contribution in [0.15, 0.2) is 24.3 Å². The first-order valence-electron chi connectivity index (χ1n) is 5.76. The van der Waals surface area contributed by atoms with Gasteiger partial charge in [0.2, 0.25) is 0 Å². The fourth-order valence-corrected chi connectivity index (χ4v) is 0.941. The molecule has 7 heteroatoms. The largest absolute Gasteiger partial charge is 1.00 e. The molecule has 0 aliphatic heterocycles. The van der Waals surface area contributed by atoms with Crippen LogP contribution in [0.25, 0.3) is 0 Å². The van der Waals surface area contributed by atoms with Gasteiger partial charge < -0.3 is 24.5 Å². The molecule has 0 heterocycles. The van der Waals surface area contributed by atoms with Gasteiger partial charge in [-0.25, -0.2) is 0 Å². The molecule has 102 valence electrons. The summed E-state index contributed by atoms with van der Waals surface area (Å²) in [5, 5.41) is 28.0. The Hall–Kier alpha value is 0.401. The summed E-state index contributed by atoms with van der Waals surface area (Å²) in [4.78, 5) is 0. The van der Waals surface area contributed by atoms with Crippen molar-refractivity contribution in [3.8, 4) is 11.5 Å². The first kappa shape index (κ1) is 21.7. The Kier molecular flexibility index (Phi) is 13.9. The van der Waals surface area contributed by atoms with Crippen molar-refractivity contribution >= 4 is 7.32 Å². The molecule has 0 saturated heterocycles. The molecule has 0 spiro atoms. The SMILES string of the molecule is CC(C)OB([O-])OC(C)C.Oc1ccccc1O.[K+]. The van der Waals surface area contributed by atoms with Crippen molar-refractivity contribution in [1.29, 1.82) is 0 Å². The van der Waals surface area contributed by atoms with Crippen LogP contribution in [0.1, 0.15) is 27.7 Å². The predicted molar refractivity (Wildman–Crippen MR) is 68.0 cm³/mol. The van der Waals surface area contributed by atoms with Gasteiger partial charge in [-0.3, -0.25) is 0 Å². The van der Waals surface area contributed by atoms with Gasteiger partial charge in [-0.2, -0.15) is 0 Å². The van der Waals surface area contributed by atoms with Crippen LogP contribution < -0.4 is 56.4 Å². The van der Waals surface area contributed by atoms with Gasteiger partial charge in [-0.15, -0.1) is 0 Å². The quantitative estimate of drug-likeness (QED) is 0.510. The predicted octanol–water partition coefficient (Wildman–Crippen LogP) is -1.72. The Morgan fingerprint density at radius 2 is 1.26 bits per heavy atom. The van der Waals surface area contributed by atoms with Crippen molar-refractivity contribution in [3.63, 3.8) is 0 Å². The van der Waals surface area contributed by atoms with Crippen LogP contribution in [-0.2, 0) is 9.31 Å². The summed E-state index contributed by atoms with van der Waals surface area (Å²) >= 11 is 0. The molecular formula is C12H20BKO5. The van der Waals surface area contributed by atoms with Crippen molar-refractivity contribution in [2.75, 3.05) is 0 Å². The molecule has 1 aromatic carbocycles. The summed E-state index contributed by atoms with van der Waals surface area (Å²) in [5.74, 6) is -0.153. The topological polar surface area (TPSA) is 82.0 Å². The van der Waals surface area contributed by atoms with Gasteiger partial charge in [0.25, 0.3) is 0 Å². The number of phenolic OH excluding ortho intramolecular Hbond substituents is 2. The van der Waals surface area contributed by atoms with Gasteiger partial charge in [0.15, 0.2) is 11.5 Å². The second-order valence-electron chi connectivity index (χ2n) is 4.15. The molecule has 0 aliphatic rings. The van der Waals surface area contributed by atoms with Crippen LogP contribution in [0, 0.1) is 0 Å². The molecule has 0 amide bonds. The molecule has 0 saturated carbocycles. The molecule has 1 rings (SSSR count). The third-order valence-corrected chi connectivity index (χ3v) is 1.65. The molecule has 0 bridgehead atoms. The Morgan fingerprint density at radius 1 is 0.947 bits per heavy atom. The Labute approximate surface area is 157 Å². The smallest absolute Gasteiger partial charge is 0.832 e. The minimum absolute atomic E-state index is 0. The Morgan fingerprint density at radius 3 is 1.47 bits per heavy atom. The number of phenols is 2. The van der Waals surface area contributed by atoms with Crippen molar-refractivity contribution in [3.05, 3.63) is 24.3 Å². The van der Waals surface area contributed by atoms with Gasteiger partial charge in [-0.1, -0.05) is 12.1 Å². The van der Waals surface area contributed by atoms with Gasteiger partial charge in [0.1, 0.15) is 0 Å². The molecule has 0 fully saturated rings. The molecular weight excluding hydrogens is 274 g/mol. The zero-order valence-corrected chi connectivity index (χ0v) is 15.3. The van der Waals surface area contributed by atoms with E-state index < -0.39 is 7.32 Å². The zero-order valence-electron chi connectivity index (χ0n) is 12.2. The first-order chi connectivity index (χ1) is 8.32. The standard InChI is InChI=1S/C6H14BO3.C6H6O2.K/c1-5(2)9-7(8)10-6(3)4;7-5-3-1-2-4-6(5)8;/h5-6H,1-4H3;1-4,7-8H;/q-1;;+1. The Bertz CT molecular complexity index is 305. The van der Waals surface area contributed by atoms with Crippen LogP contribution in [0.5, 0.6) is 11.5 Å². The molecule has 19 heavy (non-hydrogen) atoms. The summed E-state index contributed by atoms with van der Waals surface area (Å²) in [6, 6.07) is 6.15. The van der Waals surface area contributed by atoms with Gasteiger partial charge in [0.05, 0.1) is 0 Å². The minimum Gasteiger partial charge on any atom is -0.832 e. The summed E-state index contributed by atoms with van der Waals surface area (Å²) in [7, 11) is -1.33. The third kappa shape index (κ3) is 13.2. The average Bonchev–Trinajstić information content (AvgIpc) is 2.21. The third-order valence-electron chi connectivity index (χ3n) is 1.65. The molecule has 0 aromatic heterocycles. The van der Waals surface area contributed by atoms with E-state index in [0.29, 0.717) is 0 Å². The fraction of sp³-hybridized carbons (Fsp3) is 0.500. The van der Waals surface area contributed by atoms with Crippen molar-refractivity contribution in [2.24, 2.45) is 0 Å². The van der Waals surface area contributed by atoms with E-state index in [-0.39, 0.29) is 75.1 Å². The summed E-state index contributed by atoms with van der Waals surface area (Å²) in [6.45, 7) is 7.20. The monoisotopic (exact) mass is 294 g/mol. The maximum atomic E-state index is 10.7. The van der Waals surface area contributed by atoms with Crippen molar-refractivity contribution < 1.29 is 75.9 Å². The first-order valence-corrected chi connectivity index (χ1v) is 5.76. The maximum absolute atomic E-state index is 10.7. The van der Waals surface area contributed by atoms with Crippen LogP contribution in [0.4, 0.5) is 0 Å². The number of aromatic hydroxyl groups is 2. The second-order valence-corrected chi connectivity index (χ2v) is 4.15. The molecule has 2 N–H and O–H groups in total. The van der Waals surface area contributed by atoms with E-state index in [4.69, 9.17) is 19.5 Å². The Balaban J connectivity index is 0. The van der Waals surface area contributed by atoms with Crippen LogP contribution in [0.3, 0.4) is 0 Å². The normalized spacial score (nSPS) is 9.63. The van der Waals surface area contributed by atoms with E-state index in [1.165, 1.54) is 12.1 Å². The molecule has 0 aliphatic carbocycles. The van der Waals surface area contributed by atoms with E-state index >= 15 is 0 Å². The number of benzene rings is 1. The van der Waals surface area contributed by atoms with Crippen LogP contribution >= 0.6 is 0 Å². The zero-order chi connectivity index (χ0) is 14.1. The fourth-order valence-electron chi connectivity index (χ4n) is 0.941. The summed E-state index contributed by atoms with van der Waals surface area (Å²) in [5.41, 5.74) is 0. The average molecular weight is 294 g/mol. The number of hydrogen-bond donors (Lipinski definition) is 2. The molecule has 0 unspecified atom stereocenters. The summed E-state index contributed by atoms with van der Waals surface area (Å²) < 4.78 is 9.57. The second kappa shape index (κ2) is 12.2. The van der Waals surface area contributed by atoms with E-state index in [1.54, 1.807) is 39.8 Å². The van der Waals surface area contributed by atoms with E-state index in [1.807, 2.05) is 0 Å².